The van der Waals surface area contributed by atoms with Crippen LogP contribution >= 0.6 is 58.3 Å². The minimum Gasteiger partial charge on any atom is -0.152 e. The van der Waals surface area contributed by atoms with Crippen molar-refractivity contribution >= 4 is 103 Å². The predicted octanol–water partition coefficient (Wildman–Crippen LogP) is 10.2. The fraction of sp³-hybridized carbons (Fsp3) is 0.111. The molecule has 0 unspecified atom stereocenters. The Labute approximate surface area is 289 Å². The fourth-order valence-corrected chi connectivity index (χ4v) is 16.2. The molecule has 8 heteroatoms. The summed E-state index contributed by atoms with van der Waals surface area (Å²) >= 11 is 19.5. The van der Waals surface area contributed by atoms with E-state index in [0.717, 1.165) is 12.3 Å². The lowest BCUT2D eigenvalue weighted by Crippen LogP contribution is -2.22. The van der Waals surface area contributed by atoms with Gasteiger partial charge in [-0.05, 0) is 98.2 Å². The van der Waals surface area contributed by atoms with Gasteiger partial charge in [0.25, 0.3) is 0 Å². The maximum absolute atomic E-state index is 6.36. The Morgan fingerprint density at radius 3 is 1.27 bits per heavy atom. The molecule has 2 aromatic heterocycles. The van der Waals surface area contributed by atoms with Crippen LogP contribution in [0.4, 0.5) is 0 Å². The predicted molar refractivity (Wildman–Crippen MR) is 212 cm³/mol. The van der Waals surface area contributed by atoms with Gasteiger partial charge in [-0.25, -0.2) is 0 Å². The summed E-state index contributed by atoms with van der Waals surface area (Å²) in [7, 11) is 0. The number of hydrogen-bond acceptors (Lipinski definition) is 6. The monoisotopic (exact) mass is 720 g/mol. The van der Waals surface area contributed by atoms with Crippen LogP contribution in [0.2, 0.25) is 0 Å². The second kappa shape index (κ2) is 16.2. The second-order valence-corrected chi connectivity index (χ2v) is 22.9. The molecule has 0 N–H and O–H groups in total. The molecule has 0 bridgehead atoms. The summed E-state index contributed by atoms with van der Waals surface area (Å²) in [4.78, 5) is 2.60. The van der Waals surface area contributed by atoms with Crippen molar-refractivity contribution in [2.75, 3.05) is 12.5 Å². The highest BCUT2D eigenvalue weighted by Gasteiger charge is 2.25. The third-order valence-corrected chi connectivity index (χ3v) is 19.8. The fourth-order valence-electron chi connectivity index (χ4n) is 4.95. The van der Waals surface area contributed by atoms with E-state index in [9.17, 15) is 0 Å². The molecule has 4 aromatic carbocycles. The molecule has 224 valence electrons. The summed E-state index contributed by atoms with van der Waals surface area (Å²) in [6, 6.07) is 39.8. The van der Waals surface area contributed by atoms with Crippen molar-refractivity contribution < 1.29 is 0 Å². The molecule has 0 fully saturated rings. The molecule has 6 rings (SSSR count). The Kier molecular flexibility index (Phi) is 12.4. The quantitative estimate of drug-likeness (QED) is 0.102. The standard InChI is InChI=1S/C22H23PS3.C14H11PS3/c1-25-21-12-8-18(9-13-21)16-23(24,20-6-4-3-5-7-20)17-19-10-14-22(26-2)15-11-19;16-15(13-6-8-17-10-13,14-7-9-18-11-14)12-4-2-1-3-5-12/h3-15H,16-17H2,1-2H3;1-11H. The van der Waals surface area contributed by atoms with E-state index < -0.39 is 12.1 Å². The van der Waals surface area contributed by atoms with Gasteiger partial charge in [0.15, 0.2) is 0 Å². The molecule has 44 heavy (non-hydrogen) atoms. The Morgan fingerprint density at radius 2 is 0.909 bits per heavy atom. The molecule has 6 aromatic rings. The summed E-state index contributed by atoms with van der Waals surface area (Å²) in [6.07, 6.45) is 6.15. The van der Waals surface area contributed by atoms with Crippen LogP contribution in [0.1, 0.15) is 11.1 Å². The van der Waals surface area contributed by atoms with Crippen molar-refractivity contribution in [1.29, 1.82) is 0 Å². The number of hydrogen-bond donors (Lipinski definition) is 0. The van der Waals surface area contributed by atoms with Crippen molar-refractivity contribution in [2.24, 2.45) is 0 Å². The molecular formula is C36H34P2S6. The Morgan fingerprint density at radius 1 is 0.500 bits per heavy atom. The van der Waals surface area contributed by atoms with E-state index in [4.69, 9.17) is 23.6 Å². The average molecular weight is 721 g/mol. The van der Waals surface area contributed by atoms with Crippen LogP contribution in [0, 0.1) is 0 Å². The summed E-state index contributed by atoms with van der Waals surface area (Å²) in [5, 5.41) is 13.8. The average Bonchev–Trinajstić information content (AvgIpc) is 3.83. The summed E-state index contributed by atoms with van der Waals surface area (Å²) in [5.74, 6) is 0. The first kappa shape index (κ1) is 33.6. The summed E-state index contributed by atoms with van der Waals surface area (Å²) in [6.45, 7) is 0. The van der Waals surface area contributed by atoms with Crippen LogP contribution in [-0.4, -0.2) is 12.5 Å². The maximum atomic E-state index is 6.36. The second-order valence-electron chi connectivity index (χ2n) is 10.1. The van der Waals surface area contributed by atoms with E-state index in [1.54, 1.807) is 46.2 Å². The third-order valence-electron chi connectivity index (χ3n) is 7.28. The summed E-state index contributed by atoms with van der Waals surface area (Å²) < 4.78 is 0. The largest absolute Gasteiger partial charge is 0.152 e. The van der Waals surface area contributed by atoms with Crippen molar-refractivity contribution in [2.45, 2.75) is 22.1 Å². The van der Waals surface area contributed by atoms with E-state index in [1.807, 2.05) is 6.07 Å². The highest BCUT2D eigenvalue weighted by molar-refractivity contribution is 8.25. The van der Waals surface area contributed by atoms with E-state index in [-0.39, 0.29) is 0 Å². The van der Waals surface area contributed by atoms with Crippen LogP contribution in [-0.2, 0) is 35.9 Å². The van der Waals surface area contributed by atoms with Gasteiger partial charge in [0.1, 0.15) is 0 Å². The molecule has 2 heterocycles. The molecular weight excluding hydrogens is 687 g/mol. The van der Waals surface area contributed by atoms with Crippen LogP contribution < -0.4 is 21.2 Å². The first-order valence-electron chi connectivity index (χ1n) is 14.1. The molecule has 0 saturated carbocycles. The molecule has 0 atom stereocenters. The third kappa shape index (κ3) is 8.35. The summed E-state index contributed by atoms with van der Waals surface area (Å²) in [5.41, 5.74) is 2.69. The van der Waals surface area contributed by atoms with Crippen LogP contribution in [0.5, 0.6) is 0 Å². The maximum Gasteiger partial charge on any atom is 0.0395 e. The molecule has 0 radical (unpaired) electrons. The van der Waals surface area contributed by atoms with Crippen LogP contribution in [0.3, 0.4) is 0 Å². The van der Waals surface area contributed by atoms with Gasteiger partial charge in [-0.15, -0.1) is 23.5 Å². The highest BCUT2D eigenvalue weighted by Crippen LogP contribution is 2.51. The molecule has 0 aliphatic rings. The van der Waals surface area contributed by atoms with E-state index in [1.165, 1.54) is 42.1 Å². The van der Waals surface area contributed by atoms with Gasteiger partial charge in [0.2, 0.25) is 0 Å². The van der Waals surface area contributed by atoms with E-state index >= 15 is 0 Å². The lowest BCUT2D eigenvalue weighted by Gasteiger charge is -2.23. The van der Waals surface area contributed by atoms with Gasteiger partial charge in [-0.2, -0.15) is 22.7 Å². The minimum atomic E-state index is -1.83. The Balaban J connectivity index is 0.000000186. The number of rotatable bonds is 10. The van der Waals surface area contributed by atoms with Crippen molar-refractivity contribution in [3.63, 3.8) is 0 Å². The molecule has 0 saturated heterocycles. The molecule has 0 aliphatic heterocycles. The van der Waals surface area contributed by atoms with Crippen molar-refractivity contribution in [3.8, 4) is 0 Å². The highest BCUT2D eigenvalue weighted by atomic mass is 32.4. The molecule has 0 aliphatic carbocycles. The number of thioether (sulfide) groups is 2. The number of benzene rings is 4. The van der Waals surface area contributed by atoms with Gasteiger partial charge in [0.05, 0.1) is 0 Å². The topological polar surface area (TPSA) is 0 Å². The van der Waals surface area contributed by atoms with Crippen molar-refractivity contribution in [3.05, 3.63) is 154 Å². The first-order valence-corrected chi connectivity index (χ1v) is 24.4. The van der Waals surface area contributed by atoms with Gasteiger partial charge in [-0.1, -0.05) is 109 Å². The zero-order valence-corrected chi connectivity index (χ0v) is 31.3. The lowest BCUT2D eigenvalue weighted by atomic mass is 10.2. The lowest BCUT2D eigenvalue weighted by molar-refractivity contribution is 1.29. The van der Waals surface area contributed by atoms with E-state index in [2.05, 4.69) is 149 Å². The molecule has 0 amide bonds. The smallest absolute Gasteiger partial charge is 0.0395 e. The zero-order valence-electron chi connectivity index (χ0n) is 24.6. The number of thiophene rings is 2. The minimum absolute atomic E-state index is 0.964. The van der Waals surface area contributed by atoms with Gasteiger partial charge in [0, 0.05) is 38.8 Å². The van der Waals surface area contributed by atoms with Crippen LogP contribution in [0.15, 0.2) is 153 Å². The molecule has 0 spiro atoms. The zero-order chi connectivity index (χ0) is 30.8. The van der Waals surface area contributed by atoms with Crippen molar-refractivity contribution in [1.82, 2.24) is 0 Å². The van der Waals surface area contributed by atoms with Gasteiger partial charge >= 0.3 is 0 Å². The van der Waals surface area contributed by atoms with Crippen LogP contribution in [0.25, 0.3) is 0 Å². The Bertz CT molecular complexity index is 1710. The van der Waals surface area contributed by atoms with Gasteiger partial charge in [-0.3, -0.25) is 0 Å². The SMILES string of the molecule is CSc1ccc(CP(=S)(Cc2ccc(SC)cc2)c2ccccc2)cc1.S=P(c1ccccc1)(c1ccsc1)c1ccsc1. The van der Waals surface area contributed by atoms with E-state index in [0.29, 0.717) is 0 Å². The normalized spacial score (nSPS) is 11.5. The Hall–Kier alpha value is -1.72. The van der Waals surface area contributed by atoms with Gasteiger partial charge < -0.3 is 0 Å². The first-order chi connectivity index (χ1) is 21.4. The molecule has 0 nitrogen and oxygen atoms in total.